The van der Waals surface area contributed by atoms with Gasteiger partial charge in [0.1, 0.15) is 0 Å². The summed E-state index contributed by atoms with van der Waals surface area (Å²) in [6.45, 7) is 2.26. The fourth-order valence-electron chi connectivity index (χ4n) is 3.32. The van der Waals surface area contributed by atoms with Gasteiger partial charge >= 0.3 is 0 Å². The molecule has 0 saturated heterocycles. The molecule has 1 nitrogen and oxygen atoms in total. The second kappa shape index (κ2) is 4.56. The van der Waals surface area contributed by atoms with E-state index in [2.05, 4.69) is 36.3 Å². The molecule has 0 aliphatic heterocycles. The molecule has 17 heavy (non-hydrogen) atoms. The first-order chi connectivity index (χ1) is 8.40. The highest BCUT2D eigenvalue weighted by Gasteiger charge is 2.19. The van der Waals surface area contributed by atoms with Gasteiger partial charge in [-0.2, -0.15) is 0 Å². The van der Waals surface area contributed by atoms with Crippen LogP contribution in [0.1, 0.15) is 56.1 Å². The SMILES string of the molecule is CCc1cccc2[nH]cc(C3CCCCC3)c12. The van der Waals surface area contributed by atoms with Crippen LogP contribution >= 0.6 is 0 Å². The molecular weight excluding hydrogens is 206 g/mol. The molecule has 90 valence electrons. The van der Waals surface area contributed by atoms with Crippen LogP contribution in [0.15, 0.2) is 24.4 Å². The third kappa shape index (κ3) is 1.88. The third-order valence-electron chi connectivity index (χ3n) is 4.25. The number of fused-ring (bicyclic) bond motifs is 1. The molecule has 1 N–H and O–H groups in total. The summed E-state index contributed by atoms with van der Waals surface area (Å²) < 4.78 is 0. The van der Waals surface area contributed by atoms with Crippen LogP contribution in [0.25, 0.3) is 10.9 Å². The van der Waals surface area contributed by atoms with Crippen LogP contribution in [0, 0.1) is 0 Å². The molecule has 1 aromatic heterocycles. The lowest BCUT2D eigenvalue weighted by Gasteiger charge is -2.21. The minimum Gasteiger partial charge on any atom is -0.361 e. The van der Waals surface area contributed by atoms with Gasteiger partial charge in [-0.15, -0.1) is 0 Å². The summed E-state index contributed by atoms with van der Waals surface area (Å²) in [6.07, 6.45) is 10.4. The Balaban J connectivity index is 2.09. The van der Waals surface area contributed by atoms with E-state index in [4.69, 9.17) is 0 Å². The van der Waals surface area contributed by atoms with Gasteiger partial charge < -0.3 is 4.98 Å². The van der Waals surface area contributed by atoms with Gasteiger partial charge in [0.05, 0.1) is 0 Å². The molecule has 1 aromatic carbocycles. The number of benzene rings is 1. The Labute approximate surface area is 103 Å². The number of hydrogen-bond acceptors (Lipinski definition) is 0. The van der Waals surface area contributed by atoms with Crippen LogP contribution in [0.3, 0.4) is 0 Å². The maximum atomic E-state index is 3.46. The van der Waals surface area contributed by atoms with Crippen molar-refractivity contribution in [3.63, 3.8) is 0 Å². The number of aromatic nitrogens is 1. The summed E-state index contributed by atoms with van der Waals surface area (Å²) in [5.41, 5.74) is 4.41. The average Bonchev–Trinajstić information content (AvgIpc) is 2.83. The molecule has 0 radical (unpaired) electrons. The lowest BCUT2D eigenvalue weighted by atomic mass is 9.83. The molecular formula is C16H21N. The fourth-order valence-corrected chi connectivity index (χ4v) is 3.32. The molecule has 3 rings (SSSR count). The molecule has 0 amide bonds. The molecule has 1 aliphatic rings. The molecule has 1 aliphatic carbocycles. The highest BCUT2D eigenvalue weighted by atomic mass is 14.7. The average molecular weight is 227 g/mol. The minimum atomic E-state index is 0.796. The van der Waals surface area contributed by atoms with Crippen molar-refractivity contribution in [2.75, 3.05) is 0 Å². The van der Waals surface area contributed by atoms with Crippen molar-refractivity contribution in [2.24, 2.45) is 0 Å². The minimum absolute atomic E-state index is 0.796. The maximum Gasteiger partial charge on any atom is 0.0459 e. The topological polar surface area (TPSA) is 15.8 Å². The molecule has 1 fully saturated rings. The summed E-state index contributed by atoms with van der Waals surface area (Å²) in [6, 6.07) is 6.66. The maximum absolute atomic E-state index is 3.46. The molecule has 1 heteroatoms. The van der Waals surface area contributed by atoms with E-state index in [0.29, 0.717) is 0 Å². The predicted molar refractivity (Wildman–Crippen MR) is 73.5 cm³/mol. The Bertz CT molecular complexity index is 503. The zero-order valence-electron chi connectivity index (χ0n) is 10.6. The quantitative estimate of drug-likeness (QED) is 0.760. The third-order valence-corrected chi connectivity index (χ3v) is 4.25. The Morgan fingerprint density at radius 3 is 2.76 bits per heavy atom. The van der Waals surface area contributed by atoms with E-state index in [1.165, 1.54) is 48.6 Å². The summed E-state index contributed by atoms with van der Waals surface area (Å²) in [5, 5.41) is 1.52. The number of rotatable bonds is 2. The zero-order valence-corrected chi connectivity index (χ0v) is 10.6. The van der Waals surface area contributed by atoms with E-state index in [1.807, 2.05) is 0 Å². The van der Waals surface area contributed by atoms with Crippen molar-refractivity contribution < 1.29 is 0 Å². The number of H-pyrrole nitrogens is 1. The van der Waals surface area contributed by atoms with Gasteiger partial charge in [-0.25, -0.2) is 0 Å². The van der Waals surface area contributed by atoms with E-state index in [9.17, 15) is 0 Å². The lowest BCUT2D eigenvalue weighted by molar-refractivity contribution is 0.445. The van der Waals surface area contributed by atoms with Crippen molar-refractivity contribution in [1.29, 1.82) is 0 Å². The summed E-state index contributed by atoms with van der Waals surface area (Å²) in [7, 11) is 0. The van der Waals surface area contributed by atoms with Crippen molar-refractivity contribution >= 4 is 10.9 Å². The van der Waals surface area contributed by atoms with Gasteiger partial charge in [0.2, 0.25) is 0 Å². The summed E-state index contributed by atoms with van der Waals surface area (Å²) in [4.78, 5) is 3.46. The van der Waals surface area contributed by atoms with Gasteiger partial charge in [-0.1, -0.05) is 38.3 Å². The van der Waals surface area contributed by atoms with Crippen molar-refractivity contribution in [3.8, 4) is 0 Å². The van der Waals surface area contributed by atoms with Gasteiger partial charge in [-0.05, 0) is 42.4 Å². The molecule has 0 spiro atoms. The highest BCUT2D eigenvalue weighted by molar-refractivity contribution is 5.87. The van der Waals surface area contributed by atoms with E-state index < -0.39 is 0 Å². The zero-order chi connectivity index (χ0) is 11.7. The first kappa shape index (κ1) is 10.9. The highest BCUT2D eigenvalue weighted by Crippen LogP contribution is 2.37. The van der Waals surface area contributed by atoms with Crippen molar-refractivity contribution in [2.45, 2.75) is 51.4 Å². The number of aryl methyl sites for hydroxylation is 1. The van der Waals surface area contributed by atoms with Gasteiger partial charge in [-0.3, -0.25) is 0 Å². The Hall–Kier alpha value is -1.24. The van der Waals surface area contributed by atoms with Crippen molar-refractivity contribution in [3.05, 3.63) is 35.5 Å². The van der Waals surface area contributed by atoms with E-state index >= 15 is 0 Å². The van der Waals surface area contributed by atoms with Crippen LogP contribution in [0.2, 0.25) is 0 Å². The van der Waals surface area contributed by atoms with Crippen LogP contribution in [-0.2, 0) is 6.42 Å². The molecule has 0 unspecified atom stereocenters. The number of nitrogens with one attached hydrogen (secondary N) is 1. The van der Waals surface area contributed by atoms with E-state index in [0.717, 1.165) is 12.3 Å². The van der Waals surface area contributed by atoms with Crippen LogP contribution in [0.5, 0.6) is 0 Å². The first-order valence-corrected chi connectivity index (χ1v) is 6.99. The Morgan fingerprint density at radius 1 is 1.18 bits per heavy atom. The molecule has 1 saturated carbocycles. The van der Waals surface area contributed by atoms with E-state index in [-0.39, 0.29) is 0 Å². The molecule has 0 atom stereocenters. The van der Waals surface area contributed by atoms with E-state index in [1.54, 1.807) is 5.56 Å². The Morgan fingerprint density at radius 2 is 2.00 bits per heavy atom. The summed E-state index contributed by atoms with van der Waals surface area (Å²) >= 11 is 0. The fraction of sp³-hybridized carbons (Fsp3) is 0.500. The standard InChI is InChI=1S/C16H21N/c1-2-12-9-6-10-15-16(12)14(11-17-15)13-7-4-3-5-8-13/h6,9-11,13,17H,2-5,7-8H2,1H3. The largest absolute Gasteiger partial charge is 0.361 e. The first-order valence-electron chi connectivity index (χ1n) is 6.99. The second-order valence-electron chi connectivity index (χ2n) is 5.27. The van der Waals surface area contributed by atoms with Crippen LogP contribution < -0.4 is 0 Å². The van der Waals surface area contributed by atoms with Gasteiger partial charge in [0.15, 0.2) is 0 Å². The Kier molecular flexibility index (Phi) is 2.92. The summed E-state index contributed by atoms with van der Waals surface area (Å²) in [5.74, 6) is 0.796. The molecule has 1 heterocycles. The van der Waals surface area contributed by atoms with Crippen LogP contribution in [-0.4, -0.2) is 4.98 Å². The lowest BCUT2D eigenvalue weighted by Crippen LogP contribution is -2.04. The van der Waals surface area contributed by atoms with Crippen molar-refractivity contribution in [1.82, 2.24) is 4.98 Å². The second-order valence-corrected chi connectivity index (χ2v) is 5.27. The van der Waals surface area contributed by atoms with Gasteiger partial charge in [0, 0.05) is 17.1 Å². The van der Waals surface area contributed by atoms with Gasteiger partial charge in [0.25, 0.3) is 0 Å². The molecule has 2 aromatic rings. The van der Waals surface area contributed by atoms with Crippen LogP contribution in [0.4, 0.5) is 0 Å². The monoisotopic (exact) mass is 227 g/mol. The smallest absolute Gasteiger partial charge is 0.0459 e. The normalized spacial score (nSPS) is 17.7. The predicted octanol–water partition coefficient (Wildman–Crippen LogP) is 4.78. The number of hydrogen-bond donors (Lipinski definition) is 1. The molecule has 0 bridgehead atoms. The number of aromatic amines is 1.